The molecule has 21 nitrogen and oxygen atoms in total. The van der Waals surface area contributed by atoms with Gasteiger partial charge < -0.3 is 80.9 Å². The predicted molar refractivity (Wildman–Crippen MR) is 198 cm³/mol. The maximum absolute atomic E-state index is 10.3. The molecule has 0 amide bonds. The Bertz CT molecular complexity index is 770. The summed E-state index contributed by atoms with van der Waals surface area (Å²) >= 11 is 0. The van der Waals surface area contributed by atoms with Gasteiger partial charge in [0.1, 0.15) is 17.2 Å². The molecule has 332 valence electrons. The van der Waals surface area contributed by atoms with Crippen molar-refractivity contribution < 1.29 is 85.7 Å². The van der Waals surface area contributed by atoms with Gasteiger partial charge in [-0.3, -0.25) is 4.79 Å². The number of carboxylic acids is 1. The number of ether oxygens (including phenoxy) is 16. The van der Waals surface area contributed by atoms with Gasteiger partial charge in [-0.1, -0.05) is 0 Å². The van der Waals surface area contributed by atoms with Crippen LogP contribution < -0.4 is 4.91 Å². The highest BCUT2D eigenvalue weighted by Crippen LogP contribution is 1.89. The summed E-state index contributed by atoms with van der Waals surface area (Å²) in [6.45, 7) is 15.2. The molecule has 0 aromatic heterocycles. The summed E-state index contributed by atoms with van der Waals surface area (Å²) in [5.74, 6) is -0.878. The van der Waals surface area contributed by atoms with Crippen molar-refractivity contribution in [3.8, 4) is 0 Å². The molecule has 0 atom stereocenters. The van der Waals surface area contributed by atoms with Crippen molar-refractivity contribution in [2.24, 2.45) is 5.11 Å². The second-order valence-corrected chi connectivity index (χ2v) is 10.9. The van der Waals surface area contributed by atoms with Gasteiger partial charge in [0, 0.05) is 0 Å². The molecule has 0 rings (SSSR count). The molecular formula is C35H70N3O18+. The van der Waals surface area contributed by atoms with Crippen LogP contribution in [0.1, 0.15) is 6.42 Å². The smallest absolute Gasteiger partial charge is 0.305 e. The SMILES string of the molecule is N=[N+]=NCCOCCOCCOCCOCCOCCOCCOCCOCCOCCOCCOCCOCCOCCOCCOCCOCCC(=O)O. The first-order chi connectivity index (χ1) is 27.8. The predicted octanol–water partition coefficient (Wildman–Crippen LogP) is 0.277. The average Bonchev–Trinajstić information content (AvgIpc) is 3.20. The first-order valence-electron chi connectivity index (χ1n) is 19.3. The molecule has 0 aliphatic rings. The Morgan fingerprint density at radius 2 is 0.482 bits per heavy atom. The molecule has 0 unspecified atom stereocenters. The zero-order valence-corrected chi connectivity index (χ0v) is 33.3. The quantitative estimate of drug-likeness (QED) is 0.0476. The molecule has 0 aromatic carbocycles. The van der Waals surface area contributed by atoms with Crippen LogP contribution >= 0.6 is 0 Å². The molecule has 0 saturated heterocycles. The molecule has 0 radical (unpaired) electrons. The van der Waals surface area contributed by atoms with Gasteiger partial charge in [0.15, 0.2) is 0 Å². The second-order valence-electron chi connectivity index (χ2n) is 10.9. The second kappa shape index (κ2) is 51.2. The Labute approximate surface area is 331 Å². The minimum Gasteiger partial charge on any atom is -0.481 e. The summed E-state index contributed by atoms with van der Waals surface area (Å²) < 4.78 is 86.6. The first-order valence-corrected chi connectivity index (χ1v) is 19.3. The molecule has 21 heteroatoms. The van der Waals surface area contributed by atoms with E-state index < -0.39 is 5.97 Å². The number of nitrogens with one attached hydrogen (secondary N) is 1. The van der Waals surface area contributed by atoms with Crippen LogP contribution in [0, 0.1) is 5.53 Å². The zero-order chi connectivity index (χ0) is 40.3. The number of carbonyl (C=O) groups is 1. The topological polar surface area (TPSA) is 235 Å². The van der Waals surface area contributed by atoms with Crippen LogP contribution in [0.15, 0.2) is 5.11 Å². The van der Waals surface area contributed by atoms with Crippen molar-refractivity contribution in [2.45, 2.75) is 6.42 Å². The summed E-state index contributed by atoms with van der Waals surface area (Å²) in [4.78, 5) is 13.2. The van der Waals surface area contributed by atoms with E-state index in [0.717, 1.165) is 0 Å². The van der Waals surface area contributed by atoms with Crippen LogP contribution in [0.4, 0.5) is 0 Å². The maximum Gasteiger partial charge on any atom is 0.305 e. The standard InChI is InChI=1S/C35H69N3O18/c36-38-37-2-4-42-6-8-44-10-12-46-14-16-48-18-20-50-22-24-52-26-28-54-30-32-56-34-33-55-31-29-53-27-25-51-23-21-49-19-17-47-15-13-45-11-9-43-7-5-41-3-1-35(39)40/h36H,1-34H2/p+1. The number of nitrogens with zero attached hydrogens (tertiary/aromatic N) is 2. The Balaban J connectivity index is 3.06. The molecular weight excluding hydrogens is 750 g/mol. The lowest BCUT2D eigenvalue weighted by molar-refractivity contribution is -0.138. The van der Waals surface area contributed by atoms with Gasteiger partial charge in [0.05, 0.1) is 218 Å². The number of hydrogen-bond donors (Lipinski definition) is 2. The highest BCUT2D eigenvalue weighted by atomic mass is 16.6. The minimum absolute atomic E-state index is 0.00723. The monoisotopic (exact) mass is 820 g/mol. The van der Waals surface area contributed by atoms with Crippen molar-refractivity contribution in [1.82, 2.24) is 4.91 Å². The molecule has 0 heterocycles. The largest absolute Gasteiger partial charge is 0.481 e. The van der Waals surface area contributed by atoms with Gasteiger partial charge in [0.2, 0.25) is 4.91 Å². The molecule has 0 saturated carbocycles. The Morgan fingerprint density at radius 3 is 0.643 bits per heavy atom. The van der Waals surface area contributed by atoms with E-state index in [0.29, 0.717) is 211 Å². The highest BCUT2D eigenvalue weighted by molar-refractivity contribution is 5.66. The lowest BCUT2D eigenvalue weighted by atomic mass is 10.5. The Morgan fingerprint density at radius 1 is 0.321 bits per heavy atom. The maximum atomic E-state index is 10.3. The third-order valence-electron chi connectivity index (χ3n) is 6.45. The number of rotatable bonds is 51. The lowest BCUT2D eigenvalue weighted by Gasteiger charge is -2.09. The number of carboxylic acid groups (broad SMARTS) is 1. The Hall–Kier alpha value is -1.86. The van der Waals surface area contributed by atoms with Gasteiger partial charge in [-0.15, -0.1) is 0 Å². The summed E-state index contributed by atoms with van der Waals surface area (Å²) in [6.07, 6.45) is -0.00723. The van der Waals surface area contributed by atoms with Crippen LogP contribution in [0.5, 0.6) is 0 Å². The van der Waals surface area contributed by atoms with E-state index in [4.69, 9.17) is 86.4 Å². The van der Waals surface area contributed by atoms with E-state index in [1.165, 1.54) is 0 Å². The van der Waals surface area contributed by atoms with Gasteiger partial charge >= 0.3 is 5.97 Å². The number of hydrogen-bond acceptors (Lipinski definition) is 19. The first kappa shape index (κ1) is 54.1. The molecule has 0 fully saturated rings. The van der Waals surface area contributed by atoms with E-state index >= 15 is 0 Å². The van der Waals surface area contributed by atoms with Crippen LogP contribution in [-0.2, 0) is 80.6 Å². The third-order valence-corrected chi connectivity index (χ3v) is 6.45. The molecule has 0 aliphatic carbocycles. The van der Waals surface area contributed by atoms with Gasteiger partial charge in [0.25, 0.3) is 0 Å². The lowest BCUT2D eigenvalue weighted by Crippen LogP contribution is -2.16. The molecule has 56 heavy (non-hydrogen) atoms. The van der Waals surface area contributed by atoms with Gasteiger partial charge in [-0.05, 0) is 0 Å². The highest BCUT2D eigenvalue weighted by Gasteiger charge is 1.99. The average molecular weight is 821 g/mol. The fourth-order valence-electron chi connectivity index (χ4n) is 3.72. The normalized spacial score (nSPS) is 11.4. The fourth-order valence-corrected chi connectivity index (χ4v) is 3.72. The molecule has 0 aliphatic heterocycles. The van der Waals surface area contributed by atoms with Crippen molar-refractivity contribution in [1.29, 1.82) is 5.53 Å². The van der Waals surface area contributed by atoms with Crippen LogP contribution in [0.25, 0.3) is 0 Å². The third kappa shape index (κ3) is 52.1. The Kier molecular flexibility index (Phi) is 49.5. The van der Waals surface area contributed by atoms with E-state index in [9.17, 15) is 4.79 Å². The van der Waals surface area contributed by atoms with Crippen LogP contribution in [0.3, 0.4) is 0 Å². The van der Waals surface area contributed by atoms with E-state index in [2.05, 4.69) is 10.0 Å². The minimum atomic E-state index is -0.878. The van der Waals surface area contributed by atoms with E-state index in [1.54, 1.807) is 0 Å². The number of aliphatic carboxylic acids is 1. The van der Waals surface area contributed by atoms with Crippen molar-refractivity contribution >= 4 is 5.97 Å². The summed E-state index contributed by atoms with van der Waals surface area (Å²) in [5.41, 5.74) is 6.52. The molecule has 0 aromatic rings. The van der Waals surface area contributed by atoms with E-state index in [1.807, 2.05) is 0 Å². The van der Waals surface area contributed by atoms with E-state index in [-0.39, 0.29) is 13.0 Å². The zero-order valence-electron chi connectivity index (χ0n) is 33.3. The van der Waals surface area contributed by atoms with Crippen LogP contribution in [-0.4, -0.2) is 229 Å². The molecule has 2 N–H and O–H groups in total. The van der Waals surface area contributed by atoms with Gasteiger partial charge in [-0.25, -0.2) is 0 Å². The van der Waals surface area contributed by atoms with Crippen molar-refractivity contribution in [2.75, 3.05) is 218 Å². The summed E-state index contributed by atoms with van der Waals surface area (Å²) in [6, 6.07) is 0. The van der Waals surface area contributed by atoms with Crippen molar-refractivity contribution in [3.05, 3.63) is 0 Å². The summed E-state index contributed by atoms with van der Waals surface area (Å²) in [7, 11) is 0. The molecule has 0 spiro atoms. The van der Waals surface area contributed by atoms with Crippen molar-refractivity contribution in [3.63, 3.8) is 0 Å². The fraction of sp³-hybridized carbons (Fsp3) is 0.971. The molecule has 0 bridgehead atoms. The van der Waals surface area contributed by atoms with Crippen LogP contribution in [0.2, 0.25) is 0 Å². The van der Waals surface area contributed by atoms with Gasteiger partial charge in [-0.2, -0.15) is 0 Å². The summed E-state index contributed by atoms with van der Waals surface area (Å²) in [5, 5.41) is 12.0.